The predicted molar refractivity (Wildman–Crippen MR) is 70.7 cm³/mol. The Balaban J connectivity index is 3.11. The van der Waals surface area contributed by atoms with Gasteiger partial charge in [0.15, 0.2) is 0 Å². The van der Waals surface area contributed by atoms with Crippen molar-refractivity contribution in [2.75, 3.05) is 25.1 Å². The minimum Gasteiger partial charge on any atom is -0.396 e. The number of hydrogen-bond donors (Lipinski definition) is 1. The van der Waals surface area contributed by atoms with E-state index in [0.29, 0.717) is 13.0 Å². The van der Waals surface area contributed by atoms with Crippen LogP contribution in [0.5, 0.6) is 0 Å². The van der Waals surface area contributed by atoms with Crippen molar-refractivity contribution in [1.82, 2.24) is 0 Å². The molecule has 0 fully saturated rings. The molecule has 0 bridgehead atoms. The van der Waals surface area contributed by atoms with Crippen LogP contribution in [-0.4, -0.2) is 30.2 Å². The number of nitrogens with zero attached hydrogens (tertiary/aromatic N) is 2. The van der Waals surface area contributed by atoms with Gasteiger partial charge in [0, 0.05) is 32.3 Å². The summed E-state index contributed by atoms with van der Waals surface area (Å²) in [6.07, 6.45) is 0.473. The zero-order valence-electron chi connectivity index (χ0n) is 9.19. The Morgan fingerprint density at radius 1 is 1.59 bits per heavy atom. The SMILES string of the molecule is CN(CCCO)c1cc(F)c(I)cc1[N+](=O)[O-]. The van der Waals surface area contributed by atoms with Gasteiger partial charge in [-0.3, -0.25) is 10.1 Å². The second-order valence-electron chi connectivity index (χ2n) is 3.51. The van der Waals surface area contributed by atoms with E-state index in [2.05, 4.69) is 0 Å². The fourth-order valence-electron chi connectivity index (χ4n) is 1.41. The Kier molecular flexibility index (Phi) is 5.06. The van der Waals surface area contributed by atoms with Gasteiger partial charge in [0.2, 0.25) is 0 Å². The third-order valence-corrected chi connectivity index (χ3v) is 3.10. The van der Waals surface area contributed by atoms with Gasteiger partial charge in [-0.1, -0.05) is 0 Å². The minimum atomic E-state index is -0.535. The van der Waals surface area contributed by atoms with Crippen LogP contribution in [0.4, 0.5) is 15.8 Å². The molecule has 0 spiro atoms. The summed E-state index contributed by atoms with van der Waals surface area (Å²) in [5.41, 5.74) is 0.0950. The lowest BCUT2D eigenvalue weighted by Gasteiger charge is -2.18. The molecule has 1 rings (SSSR count). The molecule has 1 aromatic carbocycles. The molecule has 0 aliphatic carbocycles. The molecule has 0 radical (unpaired) electrons. The second kappa shape index (κ2) is 6.10. The molecular weight excluding hydrogens is 342 g/mol. The Bertz CT molecular complexity index is 428. The highest BCUT2D eigenvalue weighted by molar-refractivity contribution is 14.1. The zero-order chi connectivity index (χ0) is 13.0. The topological polar surface area (TPSA) is 66.6 Å². The van der Waals surface area contributed by atoms with Gasteiger partial charge in [0.25, 0.3) is 5.69 Å². The largest absolute Gasteiger partial charge is 0.396 e. The number of nitro benzene ring substituents is 1. The average molecular weight is 354 g/mol. The van der Waals surface area contributed by atoms with Crippen molar-refractivity contribution in [3.05, 3.63) is 31.6 Å². The maximum atomic E-state index is 13.4. The van der Waals surface area contributed by atoms with E-state index in [4.69, 9.17) is 5.11 Å². The summed E-state index contributed by atoms with van der Waals surface area (Å²) in [6.45, 7) is 0.419. The number of benzene rings is 1. The first-order valence-electron chi connectivity index (χ1n) is 4.92. The van der Waals surface area contributed by atoms with Crippen molar-refractivity contribution in [3.8, 4) is 0 Å². The van der Waals surface area contributed by atoms with Gasteiger partial charge < -0.3 is 10.0 Å². The summed E-state index contributed by atoms with van der Waals surface area (Å²) in [7, 11) is 1.63. The van der Waals surface area contributed by atoms with Crippen LogP contribution in [0.1, 0.15) is 6.42 Å². The van der Waals surface area contributed by atoms with Crippen LogP contribution in [0, 0.1) is 19.5 Å². The van der Waals surface area contributed by atoms with Gasteiger partial charge in [-0.25, -0.2) is 4.39 Å². The molecular formula is C10H12FIN2O3. The molecule has 1 aromatic rings. The first kappa shape index (κ1) is 14.1. The average Bonchev–Trinajstić information content (AvgIpc) is 2.28. The van der Waals surface area contributed by atoms with Gasteiger partial charge in [-0.05, 0) is 29.0 Å². The maximum Gasteiger partial charge on any atom is 0.293 e. The number of aliphatic hydroxyl groups is 1. The summed E-state index contributed by atoms with van der Waals surface area (Å²) in [4.78, 5) is 11.9. The first-order chi connectivity index (χ1) is 7.97. The molecule has 17 heavy (non-hydrogen) atoms. The molecule has 0 saturated heterocycles. The van der Waals surface area contributed by atoms with E-state index in [0.717, 1.165) is 6.07 Å². The molecule has 0 aromatic heterocycles. The fourth-order valence-corrected chi connectivity index (χ4v) is 1.86. The predicted octanol–water partition coefficient (Wildman–Crippen LogP) is 2.16. The minimum absolute atomic E-state index is 0.00894. The van der Waals surface area contributed by atoms with Crippen molar-refractivity contribution in [2.45, 2.75) is 6.42 Å². The van der Waals surface area contributed by atoms with E-state index in [1.54, 1.807) is 34.5 Å². The molecule has 0 aliphatic rings. The number of rotatable bonds is 5. The first-order valence-corrected chi connectivity index (χ1v) is 6.00. The molecule has 0 amide bonds. The van der Waals surface area contributed by atoms with Crippen molar-refractivity contribution in [1.29, 1.82) is 0 Å². The lowest BCUT2D eigenvalue weighted by molar-refractivity contribution is -0.384. The van der Waals surface area contributed by atoms with Crippen molar-refractivity contribution in [3.63, 3.8) is 0 Å². The highest BCUT2D eigenvalue weighted by Crippen LogP contribution is 2.31. The molecule has 0 saturated carbocycles. The number of nitro groups is 1. The maximum absolute atomic E-state index is 13.4. The van der Waals surface area contributed by atoms with Crippen LogP contribution in [0.25, 0.3) is 0 Å². The Morgan fingerprint density at radius 2 is 2.24 bits per heavy atom. The summed E-state index contributed by atoms with van der Waals surface area (Å²) in [6, 6.07) is 2.36. The van der Waals surface area contributed by atoms with Crippen LogP contribution in [0.15, 0.2) is 12.1 Å². The normalized spacial score (nSPS) is 10.4. The number of aliphatic hydroxyl groups excluding tert-OH is 1. The summed E-state index contributed by atoms with van der Waals surface area (Å²) in [5, 5.41) is 19.6. The highest BCUT2D eigenvalue weighted by Gasteiger charge is 2.20. The van der Waals surface area contributed by atoms with Crippen LogP contribution in [0.2, 0.25) is 0 Å². The van der Waals surface area contributed by atoms with E-state index in [1.165, 1.54) is 6.07 Å². The van der Waals surface area contributed by atoms with Crippen LogP contribution in [0.3, 0.4) is 0 Å². The lowest BCUT2D eigenvalue weighted by Crippen LogP contribution is -2.20. The smallest absolute Gasteiger partial charge is 0.293 e. The fraction of sp³-hybridized carbons (Fsp3) is 0.400. The van der Waals surface area contributed by atoms with Gasteiger partial charge >= 0.3 is 0 Å². The standard InChI is InChI=1S/C10H12FIN2O3/c1-13(3-2-4-15)9-5-7(11)8(12)6-10(9)14(16)17/h5-6,15H,2-4H2,1H3. The Labute approximate surface area is 112 Å². The van der Waals surface area contributed by atoms with Gasteiger partial charge in [-0.2, -0.15) is 0 Å². The van der Waals surface area contributed by atoms with E-state index >= 15 is 0 Å². The summed E-state index contributed by atoms with van der Waals surface area (Å²) in [5.74, 6) is -0.484. The van der Waals surface area contributed by atoms with E-state index in [9.17, 15) is 14.5 Å². The quantitative estimate of drug-likeness (QED) is 0.500. The molecule has 1 N–H and O–H groups in total. The molecule has 5 nitrogen and oxygen atoms in total. The zero-order valence-corrected chi connectivity index (χ0v) is 11.3. The Hall–Kier alpha value is -0.960. The van der Waals surface area contributed by atoms with E-state index in [-0.39, 0.29) is 21.6 Å². The second-order valence-corrected chi connectivity index (χ2v) is 4.67. The van der Waals surface area contributed by atoms with Crippen molar-refractivity contribution in [2.24, 2.45) is 0 Å². The molecule has 0 aliphatic heterocycles. The lowest BCUT2D eigenvalue weighted by atomic mass is 10.2. The van der Waals surface area contributed by atoms with Crippen LogP contribution >= 0.6 is 22.6 Å². The van der Waals surface area contributed by atoms with Crippen molar-refractivity contribution < 1.29 is 14.4 Å². The Morgan fingerprint density at radius 3 is 2.76 bits per heavy atom. The van der Waals surface area contributed by atoms with Crippen molar-refractivity contribution >= 4 is 34.0 Å². The van der Waals surface area contributed by atoms with Gasteiger partial charge in [0.1, 0.15) is 11.5 Å². The molecule has 0 unspecified atom stereocenters. The molecule has 0 atom stereocenters. The third-order valence-electron chi connectivity index (χ3n) is 2.28. The number of halogens is 2. The molecule has 0 heterocycles. The summed E-state index contributed by atoms with van der Waals surface area (Å²) >= 11 is 1.71. The van der Waals surface area contributed by atoms with E-state index < -0.39 is 10.7 Å². The highest BCUT2D eigenvalue weighted by atomic mass is 127. The monoisotopic (exact) mass is 354 g/mol. The summed E-state index contributed by atoms with van der Waals surface area (Å²) < 4.78 is 13.6. The molecule has 94 valence electrons. The van der Waals surface area contributed by atoms with E-state index in [1.807, 2.05) is 0 Å². The van der Waals surface area contributed by atoms with Crippen LogP contribution in [-0.2, 0) is 0 Å². The van der Waals surface area contributed by atoms with Gasteiger partial charge in [-0.15, -0.1) is 0 Å². The molecule has 7 heteroatoms. The van der Waals surface area contributed by atoms with Crippen LogP contribution < -0.4 is 4.90 Å². The number of hydrogen-bond acceptors (Lipinski definition) is 4. The van der Waals surface area contributed by atoms with Gasteiger partial charge in [0.05, 0.1) is 8.49 Å². The number of anilines is 1. The third kappa shape index (κ3) is 3.50.